The Hall–Kier alpha value is -0.610. The van der Waals surface area contributed by atoms with Crippen LogP contribution in [0.3, 0.4) is 0 Å². The molecule has 1 unspecified atom stereocenters. The van der Waals surface area contributed by atoms with Crippen molar-refractivity contribution in [3.8, 4) is 0 Å². The first-order valence-electron chi connectivity index (χ1n) is 6.71. The number of nitrogens with one attached hydrogen (secondary N) is 1. The number of carbonyl (C=O) groups excluding carboxylic acids is 1. The van der Waals surface area contributed by atoms with Gasteiger partial charge in [0.25, 0.3) is 0 Å². The summed E-state index contributed by atoms with van der Waals surface area (Å²) in [6.07, 6.45) is 4.14. The average Bonchev–Trinajstić information content (AvgIpc) is 2.77. The first-order valence-corrected chi connectivity index (χ1v) is 6.71. The van der Waals surface area contributed by atoms with Gasteiger partial charge in [-0.3, -0.25) is 4.79 Å². The summed E-state index contributed by atoms with van der Waals surface area (Å²) in [4.78, 5) is 14.1. The number of hydrogen-bond donors (Lipinski definition) is 1. The molecule has 2 aliphatic rings. The van der Waals surface area contributed by atoms with Crippen LogP contribution in [0.2, 0.25) is 0 Å². The number of amides is 1. The smallest absolute Gasteiger partial charge is 0.222 e. The van der Waals surface area contributed by atoms with Gasteiger partial charge in [0.1, 0.15) is 0 Å². The fourth-order valence-corrected chi connectivity index (χ4v) is 2.67. The van der Waals surface area contributed by atoms with E-state index in [1.807, 2.05) is 4.90 Å². The Morgan fingerprint density at radius 1 is 1.53 bits per heavy atom. The van der Waals surface area contributed by atoms with E-state index in [-0.39, 0.29) is 11.4 Å². The maximum Gasteiger partial charge on any atom is 0.222 e. The van der Waals surface area contributed by atoms with Crippen LogP contribution in [0, 0.1) is 0 Å². The van der Waals surface area contributed by atoms with Crippen LogP contribution in [0.4, 0.5) is 0 Å². The topological polar surface area (TPSA) is 41.6 Å². The molecule has 1 atom stereocenters. The Labute approximate surface area is 104 Å². The van der Waals surface area contributed by atoms with Crippen molar-refractivity contribution in [1.82, 2.24) is 10.2 Å². The number of nitrogens with zero attached hydrogens (tertiary/aromatic N) is 1. The second-order valence-electron chi connectivity index (χ2n) is 5.80. The van der Waals surface area contributed by atoms with E-state index in [9.17, 15) is 4.79 Å². The van der Waals surface area contributed by atoms with Crippen LogP contribution in [0.5, 0.6) is 0 Å². The second kappa shape index (κ2) is 5.36. The van der Waals surface area contributed by atoms with Gasteiger partial charge in [-0.15, -0.1) is 0 Å². The summed E-state index contributed by atoms with van der Waals surface area (Å²) in [6, 6.07) is 0. The second-order valence-corrected chi connectivity index (χ2v) is 5.80. The van der Waals surface area contributed by atoms with Crippen LogP contribution in [0.25, 0.3) is 0 Å². The third-order valence-electron chi connectivity index (χ3n) is 3.63. The molecule has 0 bridgehead atoms. The zero-order chi connectivity index (χ0) is 12.3. The van der Waals surface area contributed by atoms with Crippen LogP contribution in [0.1, 0.15) is 39.5 Å². The largest absolute Gasteiger partial charge is 0.378 e. The number of ether oxygens (including phenoxy) is 1. The molecular weight excluding hydrogens is 216 g/mol. The zero-order valence-electron chi connectivity index (χ0n) is 11.0. The summed E-state index contributed by atoms with van der Waals surface area (Å²) >= 11 is 0. The van der Waals surface area contributed by atoms with Crippen LogP contribution < -0.4 is 5.32 Å². The van der Waals surface area contributed by atoms with E-state index in [2.05, 4.69) is 19.2 Å². The lowest BCUT2D eigenvalue weighted by molar-refractivity contribution is -0.133. The monoisotopic (exact) mass is 240 g/mol. The molecule has 4 heteroatoms. The molecule has 2 aliphatic heterocycles. The van der Waals surface area contributed by atoms with Crippen molar-refractivity contribution in [2.24, 2.45) is 0 Å². The highest BCUT2D eigenvalue weighted by Crippen LogP contribution is 2.18. The quantitative estimate of drug-likeness (QED) is 0.805. The van der Waals surface area contributed by atoms with Crippen molar-refractivity contribution in [3.63, 3.8) is 0 Å². The first-order chi connectivity index (χ1) is 8.07. The molecule has 1 amide bonds. The molecule has 17 heavy (non-hydrogen) atoms. The first kappa shape index (κ1) is 12.8. The average molecular weight is 240 g/mol. The minimum absolute atomic E-state index is 0.0533. The molecule has 2 fully saturated rings. The van der Waals surface area contributed by atoms with Crippen molar-refractivity contribution in [2.45, 2.75) is 51.2 Å². The lowest BCUT2D eigenvalue weighted by atomic mass is 10.0. The molecule has 2 rings (SSSR count). The minimum atomic E-state index is 0.0533. The van der Waals surface area contributed by atoms with Gasteiger partial charge in [-0.2, -0.15) is 0 Å². The van der Waals surface area contributed by atoms with E-state index in [0.29, 0.717) is 12.5 Å². The normalized spacial score (nSPS) is 28.4. The fraction of sp³-hybridized carbons (Fsp3) is 0.923. The predicted octanol–water partition coefficient (Wildman–Crippen LogP) is 1.16. The fourth-order valence-electron chi connectivity index (χ4n) is 2.67. The van der Waals surface area contributed by atoms with E-state index in [1.165, 1.54) is 0 Å². The van der Waals surface area contributed by atoms with E-state index < -0.39 is 0 Å². The number of piperazine rings is 1. The van der Waals surface area contributed by atoms with Gasteiger partial charge >= 0.3 is 0 Å². The molecule has 0 spiro atoms. The number of hydrogen-bond acceptors (Lipinski definition) is 3. The van der Waals surface area contributed by atoms with Crippen LogP contribution in [-0.4, -0.2) is 48.7 Å². The predicted molar refractivity (Wildman–Crippen MR) is 66.9 cm³/mol. The Morgan fingerprint density at radius 3 is 3.00 bits per heavy atom. The molecule has 98 valence electrons. The van der Waals surface area contributed by atoms with Crippen molar-refractivity contribution in [1.29, 1.82) is 0 Å². The third kappa shape index (κ3) is 3.68. The molecule has 1 N–H and O–H groups in total. The van der Waals surface area contributed by atoms with Gasteiger partial charge in [-0.05, 0) is 33.1 Å². The Bertz CT molecular complexity index is 273. The van der Waals surface area contributed by atoms with Gasteiger partial charge in [0.15, 0.2) is 0 Å². The van der Waals surface area contributed by atoms with Crippen molar-refractivity contribution >= 4 is 5.91 Å². The van der Waals surface area contributed by atoms with Gasteiger partial charge in [0.05, 0.1) is 6.10 Å². The molecule has 0 aromatic heterocycles. The molecule has 0 aliphatic carbocycles. The van der Waals surface area contributed by atoms with Gasteiger partial charge in [-0.1, -0.05) is 0 Å². The number of rotatable bonds is 3. The molecule has 0 aromatic carbocycles. The highest BCUT2D eigenvalue weighted by atomic mass is 16.5. The van der Waals surface area contributed by atoms with E-state index in [4.69, 9.17) is 4.74 Å². The van der Waals surface area contributed by atoms with Gasteiger partial charge in [-0.25, -0.2) is 0 Å². The molecular formula is C13H24N2O2. The van der Waals surface area contributed by atoms with Gasteiger partial charge < -0.3 is 15.0 Å². The lowest BCUT2D eigenvalue weighted by Gasteiger charge is -2.39. The molecule has 4 nitrogen and oxygen atoms in total. The molecule has 0 saturated carbocycles. The lowest BCUT2D eigenvalue weighted by Crippen LogP contribution is -2.58. The van der Waals surface area contributed by atoms with Crippen LogP contribution in [0.15, 0.2) is 0 Å². The maximum absolute atomic E-state index is 12.1. The van der Waals surface area contributed by atoms with Crippen molar-refractivity contribution in [2.75, 3.05) is 26.2 Å². The SMILES string of the molecule is CC1(C)CN(C(=O)CCC2CCCO2)CCN1. The summed E-state index contributed by atoms with van der Waals surface area (Å²) in [5.74, 6) is 0.287. The highest BCUT2D eigenvalue weighted by Gasteiger charge is 2.28. The summed E-state index contributed by atoms with van der Waals surface area (Å²) < 4.78 is 5.55. The van der Waals surface area contributed by atoms with Gasteiger partial charge in [0, 0.05) is 38.2 Å². The Balaban J connectivity index is 1.75. The molecule has 2 saturated heterocycles. The van der Waals surface area contributed by atoms with Crippen molar-refractivity contribution < 1.29 is 9.53 Å². The van der Waals surface area contributed by atoms with E-state index in [0.717, 1.165) is 45.5 Å². The van der Waals surface area contributed by atoms with Crippen LogP contribution in [-0.2, 0) is 9.53 Å². The van der Waals surface area contributed by atoms with Crippen molar-refractivity contribution in [3.05, 3.63) is 0 Å². The van der Waals surface area contributed by atoms with E-state index >= 15 is 0 Å². The summed E-state index contributed by atoms with van der Waals surface area (Å²) in [6.45, 7) is 7.72. The minimum Gasteiger partial charge on any atom is -0.378 e. The Morgan fingerprint density at radius 2 is 2.35 bits per heavy atom. The highest BCUT2D eigenvalue weighted by molar-refractivity contribution is 5.76. The summed E-state index contributed by atoms with van der Waals surface area (Å²) in [7, 11) is 0. The summed E-state index contributed by atoms with van der Waals surface area (Å²) in [5.41, 5.74) is 0.0533. The third-order valence-corrected chi connectivity index (χ3v) is 3.63. The number of carbonyl (C=O) groups is 1. The summed E-state index contributed by atoms with van der Waals surface area (Å²) in [5, 5.41) is 3.42. The van der Waals surface area contributed by atoms with Gasteiger partial charge in [0.2, 0.25) is 5.91 Å². The van der Waals surface area contributed by atoms with E-state index in [1.54, 1.807) is 0 Å². The maximum atomic E-state index is 12.1. The zero-order valence-corrected chi connectivity index (χ0v) is 11.0. The molecule has 2 heterocycles. The Kier molecular flexibility index (Phi) is 4.05. The molecule has 0 radical (unpaired) electrons. The standard InChI is InChI=1S/C13H24N2O2/c1-13(2)10-15(8-7-14-13)12(16)6-5-11-4-3-9-17-11/h11,14H,3-10H2,1-2H3. The molecule has 0 aromatic rings. The van der Waals surface area contributed by atoms with Crippen LogP contribution >= 0.6 is 0 Å².